The number of ketones is 1. The fourth-order valence-electron chi connectivity index (χ4n) is 2.30. The van der Waals surface area contributed by atoms with Crippen LogP contribution in [0.4, 0.5) is 5.69 Å². The van der Waals surface area contributed by atoms with Gasteiger partial charge in [0.2, 0.25) is 5.91 Å². The minimum absolute atomic E-state index is 0.0340. The van der Waals surface area contributed by atoms with Gasteiger partial charge in [0.25, 0.3) is 0 Å². The number of benzene rings is 2. The number of esters is 1. The largest absolute Gasteiger partial charge is 0.497 e. The van der Waals surface area contributed by atoms with Gasteiger partial charge in [0.05, 0.1) is 31.6 Å². The van der Waals surface area contributed by atoms with E-state index in [9.17, 15) is 14.4 Å². The molecule has 7 heteroatoms. The molecule has 1 unspecified atom stereocenters. The predicted octanol–water partition coefficient (Wildman–Crippen LogP) is 3.18. The molecule has 27 heavy (non-hydrogen) atoms. The summed E-state index contributed by atoms with van der Waals surface area (Å²) in [4.78, 5) is 36.5. The molecular weight excluding hydrogens is 366 g/mol. The average molecular weight is 387 g/mol. The van der Waals surface area contributed by atoms with E-state index in [4.69, 9.17) is 4.74 Å². The molecule has 0 spiro atoms. The van der Waals surface area contributed by atoms with Crippen molar-refractivity contribution in [1.29, 1.82) is 0 Å². The van der Waals surface area contributed by atoms with Crippen LogP contribution in [0.2, 0.25) is 0 Å². The maximum Gasteiger partial charge on any atom is 0.307 e. The second-order valence-electron chi connectivity index (χ2n) is 5.59. The lowest BCUT2D eigenvalue weighted by molar-refractivity contribution is -0.140. The summed E-state index contributed by atoms with van der Waals surface area (Å²) < 4.78 is 9.75. The molecule has 0 aliphatic heterocycles. The summed E-state index contributed by atoms with van der Waals surface area (Å²) in [5, 5.41) is 2.06. The average Bonchev–Trinajstić information content (AvgIpc) is 2.71. The second kappa shape index (κ2) is 10.4. The van der Waals surface area contributed by atoms with Gasteiger partial charge in [-0.2, -0.15) is 0 Å². The summed E-state index contributed by atoms with van der Waals surface area (Å²) in [6, 6.07) is 15.6. The maximum atomic E-state index is 12.7. The third kappa shape index (κ3) is 6.45. The number of hydrogen-bond acceptors (Lipinski definition) is 6. The van der Waals surface area contributed by atoms with Crippen molar-refractivity contribution >= 4 is 35.1 Å². The number of anilines is 1. The van der Waals surface area contributed by atoms with Crippen LogP contribution < -0.4 is 10.1 Å². The molecular formula is C20H21NO5S. The highest BCUT2D eigenvalue weighted by molar-refractivity contribution is 8.01. The van der Waals surface area contributed by atoms with Crippen LogP contribution in [-0.4, -0.2) is 42.9 Å². The van der Waals surface area contributed by atoms with Crippen molar-refractivity contribution in [3.63, 3.8) is 0 Å². The third-order valence-electron chi connectivity index (χ3n) is 3.72. The van der Waals surface area contributed by atoms with Crippen LogP contribution in [0.3, 0.4) is 0 Å². The number of carbonyl (C=O) groups is 3. The molecule has 0 aliphatic carbocycles. The van der Waals surface area contributed by atoms with Crippen LogP contribution in [0.1, 0.15) is 16.8 Å². The topological polar surface area (TPSA) is 81.7 Å². The first kappa shape index (κ1) is 20.5. The Kier molecular flexibility index (Phi) is 7.88. The molecule has 142 valence electrons. The smallest absolute Gasteiger partial charge is 0.307 e. The zero-order valence-corrected chi connectivity index (χ0v) is 16.0. The number of nitrogens with one attached hydrogen (secondary N) is 1. The molecule has 0 aromatic heterocycles. The highest BCUT2D eigenvalue weighted by Gasteiger charge is 2.25. The van der Waals surface area contributed by atoms with Crippen molar-refractivity contribution in [2.75, 3.05) is 25.3 Å². The molecule has 0 fully saturated rings. The number of thioether (sulfide) groups is 1. The molecule has 1 atom stereocenters. The number of Topliss-reactive ketones (excluding diaryl/α,β-unsaturated/α-hetero) is 1. The van der Waals surface area contributed by atoms with E-state index in [-0.39, 0.29) is 23.9 Å². The van der Waals surface area contributed by atoms with Gasteiger partial charge in [0.15, 0.2) is 5.78 Å². The third-order valence-corrected chi connectivity index (χ3v) is 4.93. The molecule has 2 aromatic carbocycles. The van der Waals surface area contributed by atoms with E-state index in [1.807, 2.05) is 6.07 Å². The standard InChI is InChI=1S/C20H21NO5S/c1-25-16-10-8-15(9-11-16)21-18(22)13-27-17(12-19(23)26-2)20(24)14-6-4-3-5-7-14/h3-11,17H,12-13H2,1-2H3,(H,21,22). The van der Waals surface area contributed by atoms with Crippen molar-refractivity contribution in [2.45, 2.75) is 11.7 Å². The van der Waals surface area contributed by atoms with Crippen LogP contribution >= 0.6 is 11.8 Å². The lowest BCUT2D eigenvalue weighted by Gasteiger charge is -2.14. The molecule has 1 amide bonds. The summed E-state index contributed by atoms with van der Waals surface area (Å²) in [6.45, 7) is 0. The Morgan fingerprint density at radius 2 is 1.67 bits per heavy atom. The zero-order valence-electron chi connectivity index (χ0n) is 15.1. The van der Waals surface area contributed by atoms with Crippen molar-refractivity contribution in [1.82, 2.24) is 0 Å². The van der Waals surface area contributed by atoms with Crippen LogP contribution in [0, 0.1) is 0 Å². The number of amides is 1. The highest BCUT2D eigenvalue weighted by Crippen LogP contribution is 2.21. The molecule has 0 saturated heterocycles. The van der Waals surface area contributed by atoms with Gasteiger partial charge in [-0.3, -0.25) is 14.4 Å². The minimum Gasteiger partial charge on any atom is -0.497 e. The van der Waals surface area contributed by atoms with Crippen LogP contribution in [0.15, 0.2) is 54.6 Å². The fraction of sp³-hybridized carbons (Fsp3) is 0.250. The van der Waals surface area contributed by atoms with Gasteiger partial charge in [0.1, 0.15) is 5.75 Å². The van der Waals surface area contributed by atoms with E-state index in [2.05, 4.69) is 10.1 Å². The Morgan fingerprint density at radius 1 is 1.00 bits per heavy atom. The lowest BCUT2D eigenvalue weighted by atomic mass is 10.1. The first-order valence-corrected chi connectivity index (χ1v) is 9.30. The summed E-state index contributed by atoms with van der Waals surface area (Å²) in [6.07, 6.45) is -0.0925. The van der Waals surface area contributed by atoms with Crippen molar-refractivity contribution in [2.24, 2.45) is 0 Å². The monoisotopic (exact) mass is 387 g/mol. The second-order valence-corrected chi connectivity index (χ2v) is 6.78. The Hall–Kier alpha value is -2.80. The Labute approximate surface area is 162 Å². The van der Waals surface area contributed by atoms with Gasteiger partial charge >= 0.3 is 5.97 Å². The number of rotatable bonds is 9. The number of methoxy groups -OCH3 is 2. The minimum atomic E-state index is -0.693. The summed E-state index contributed by atoms with van der Waals surface area (Å²) in [7, 11) is 2.84. The van der Waals surface area contributed by atoms with Gasteiger partial charge in [-0.1, -0.05) is 30.3 Å². The SMILES string of the molecule is COC(=O)CC(SCC(=O)Nc1ccc(OC)cc1)C(=O)c1ccccc1. The molecule has 2 aromatic rings. The van der Waals surface area contributed by atoms with E-state index in [1.54, 1.807) is 55.6 Å². The normalized spacial score (nSPS) is 11.3. The summed E-state index contributed by atoms with van der Waals surface area (Å²) >= 11 is 1.12. The number of ether oxygens (including phenoxy) is 2. The predicted molar refractivity (Wildman–Crippen MR) is 105 cm³/mol. The van der Waals surface area contributed by atoms with Crippen molar-refractivity contribution < 1.29 is 23.9 Å². The van der Waals surface area contributed by atoms with E-state index >= 15 is 0 Å². The van der Waals surface area contributed by atoms with Crippen LogP contribution in [0.5, 0.6) is 5.75 Å². The molecule has 0 heterocycles. The highest BCUT2D eigenvalue weighted by atomic mass is 32.2. The molecule has 0 bridgehead atoms. The van der Waals surface area contributed by atoms with E-state index in [0.717, 1.165) is 11.8 Å². The van der Waals surface area contributed by atoms with Gasteiger partial charge in [-0.15, -0.1) is 11.8 Å². The number of carbonyl (C=O) groups excluding carboxylic acids is 3. The van der Waals surface area contributed by atoms with Gasteiger partial charge in [-0.25, -0.2) is 0 Å². The first-order valence-electron chi connectivity index (χ1n) is 8.25. The molecule has 0 saturated carbocycles. The van der Waals surface area contributed by atoms with E-state index in [0.29, 0.717) is 17.0 Å². The quantitative estimate of drug-likeness (QED) is 0.526. The summed E-state index contributed by atoms with van der Waals surface area (Å²) in [5.41, 5.74) is 1.12. The zero-order chi connectivity index (χ0) is 19.6. The van der Waals surface area contributed by atoms with E-state index < -0.39 is 11.2 Å². The maximum absolute atomic E-state index is 12.7. The molecule has 1 N–H and O–H groups in total. The number of hydrogen-bond donors (Lipinski definition) is 1. The van der Waals surface area contributed by atoms with E-state index in [1.165, 1.54) is 7.11 Å². The van der Waals surface area contributed by atoms with Crippen LogP contribution in [0.25, 0.3) is 0 Å². The Morgan fingerprint density at radius 3 is 2.26 bits per heavy atom. The summed E-state index contributed by atoms with van der Waals surface area (Å²) in [5.74, 6) is -0.239. The van der Waals surface area contributed by atoms with Gasteiger partial charge in [0, 0.05) is 11.3 Å². The molecule has 0 radical (unpaired) electrons. The molecule has 0 aliphatic rings. The van der Waals surface area contributed by atoms with Gasteiger partial charge < -0.3 is 14.8 Å². The van der Waals surface area contributed by atoms with Crippen molar-refractivity contribution in [3.8, 4) is 5.75 Å². The fourth-order valence-corrected chi connectivity index (χ4v) is 3.26. The van der Waals surface area contributed by atoms with Gasteiger partial charge in [-0.05, 0) is 24.3 Å². The Bertz CT molecular complexity index is 777. The first-order chi connectivity index (χ1) is 13.0. The van der Waals surface area contributed by atoms with Crippen molar-refractivity contribution in [3.05, 3.63) is 60.2 Å². The molecule has 6 nitrogen and oxygen atoms in total. The molecule has 2 rings (SSSR count). The Balaban J connectivity index is 1.98. The van der Waals surface area contributed by atoms with Crippen LogP contribution in [-0.2, 0) is 14.3 Å². The lowest BCUT2D eigenvalue weighted by Crippen LogP contribution is -2.25.